The summed E-state index contributed by atoms with van der Waals surface area (Å²) < 4.78 is 4.86. The van der Waals surface area contributed by atoms with E-state index in [2.05, 4.69) is 6.92 Å². The average molecular weight is 213 g/mol. The summed E-state index contributed by atoms with van der Waals surface area (Å²) in [5.41, 5.74) is 5.10. The fraction of sp³-hybridized carbons (Fsp3) is 0.636. The van der Waals surface area contributed by atoms with E-state index in [0.29, 0.717) is 0 Å². The molecule has 0 aliphatic carbocycles. The van der Waals surface area contributed by atoms with Gasteiger partial charge >= 0.3 is 5.97 Å². The predicted octanol–water partition coefficient (Wildman–Crippen LogP) is 1.19. The van der Waals surface area contributed by atoms with E-state index < -0.39 is 0 Å². The molecule has 15 heavy (non-hydrogen) atoms. The van der Waals surface area contributed by atoms with Crippen LogP contribution in [0.15, 0.2) is 12.2 Å². The molecular weight excluding hydrogens is 194 g/mol. The Morgan fingerprint density at radius 2 is 2.00 bits per heavy atom. The van der Waals surface area contributed by atoms with Crippen molar-refractivity contribution in [2.75, 3.05) is 13.2 Å². The van der Waals surface area contributed by atoms with Crippen molar-refractivity contribution in [1.29, 1.82) is 0 Å². The largest absolute Gasteiger partial charge is 0.461 e. The van der Waals surface area contributed by atoms with Crippen molar-refractivity contribution < 1.29 is 14.3 Å². The van der Waals surface area contributed by atoms with Gasteiger partial charge < -0.3 is 10.5 Å². The van der Waals surface area contributed by atoms with Crippen LogP contribution in [-0.4, -0.2) is 24.9 Å². The summed E-state index contributed by atoms with van der Waals surface area (Å²) in [4.78, 5) is 21.8. The van der Waals surface area contributed by atoms with Crippen LogP contribution in [0.3, 0.4) is 0 Å². The van der Waals surface area contributed by atoms with Crippen molar-refractivity contribution in [3.8, 4) is 0 Å². The second-order valence-corrected chi connectivity index (χ2v) is 3.19. The van der Waals surface area contributed by atoms with Gasteiger partial charge in [0.2, 0.25) is 0 Å². The van der Waals surface area contributed by atoms with Gasteiger partial charge in [0, 0.05) is 6.42 Å². The lowest BCUT2D eigenvalue weighted by molar-refractivity contribution is -0.143. The Balaban J connectivity index is 3.45. The fourth-order valence-corrected chi connectivity index (χ4v) is 0.909. The van der Waals surface area contributed by atoms with Gasteiger partial charge in [-0.15, -0.1) is 0 Å². The summed E-state index contributed by atoms with van der Waals surface area (Å²) in [5, 5.41) is 0. The highest BCUT2D eigenvalue weighted by molar-refractivity contribution is 5.84. The molecule has 0 spiro atoms. The van der Waals surface area contributed by atoms with Crippen LogP contribution in [0.1, 0.15) is 32.6 Å². The number of carbonyl (C=O) groups is 2. The van der Waals surface area contributed by atoms with Crippen LogP contribution in [0.2, 0.25) is 0 Å². The molecule has 0 amide bonds. The topological polar surface area (TPSA) is 69.4 Å². The number of unbranched alkanes of at least 4 members (excludes halogenated alkanes) is 1. The number of hydrogen-bond acceptors (Lipinski definition) is 4. The van der Waals surface area contributed by atoms with E-state index in [1.807, 2.05) is 12.2 Å². The summed E-state index contributed by atoms with van der Waals surface area (Å²) in [6.07, 6.45) is 6.15. The average Bonchev–Trinajstić information content (AvgIpc) is 2.25. The quantitative estimate of drug-likeness (QED) is 0.486. The Hall–Kier alpha value is -1.16. The molecule has 0 unspecified atom stereocenters. The minimum absolute atomic E-state index is 0.0102. The zero-order valence-corrected chi connectivity index (χ0v) is 9.20. The molecule has 0 aliphatic rings. The van der Waals surface area contributed by atoms with Crippen LogP contribution in [0.5, 0.6) is 0 Å². The maximum atomic E-state index is 11.0. The first kappa shape index (κ1) is 13.8. The molecule has 0 atom stereocenters. The predicted molar refractivity (Wildman–Crippen MR) is 58.3 cm³/mol. The van der Waals surface area contributed by atoms with Crippen LogP contribution < -0.4 is 5.73 Å². The molecule has 4 heteroatoms. The zero-order valence-electron chi connectivity index (χ0n) is 9.20. The van der Waals surface area contributed by atoms with Crippen molar-refractivity contribution in [1.82, 2.24) is 0 Å². The molecule has 2 N–H and O–H groups in total. The summed E-state index contributed by atoms with van der Waals surface area (Å²) in [6, 6.07) is 0. The summed E-state index contributed by atoms with van der Waals surface area (Å²) in [6.45, 7) is 2.36. The number of nitrogens with two attached hydrogens (primary N) is 1. The first-order chi connectivity index (χ1) is 7.20. The van der Waals surface area contributed by atoms with Gasteiger partial charge in [-0.2, -0.15) is 0 Å². The van der Waals surface area contributed by atoms with Gasteiger partial charge in [-0.1, -0.05) is 25.5 Å². The van der Waals surface area contributed by atoms with Crippen molar-refractivity contribution in [2.45, 2.75) is 32.6 Å². The van der Waals surface area contributed by atoms with E-state index in [-0.39, 0.29) is 37.7 Å². The van der Waals surface area contributed by atoms with E-state index in [0.717, 1.165) is 12.8 Å². The number of Topliss-reactive ketones (excluding diaryl/α,β-unsaturated/α-hetero) is 1. The SMILES string of the molecule is CCCC=CCOC(=O)CCC(=O)CN. The van der Waals surface area contributed by atoms with Gasteiger partial charge in [0.25, 0.3) is 0 Å². The Bertz CT molecular complexity index is 224. The molecule has 0 aromatic carbocycles. The maximum Gasteiger partial charge on any atom is 0.306 e. The molecule has 0 radical (unpaired) electrons. The standard InChI is InChI=1S/C11H19NO3/c1-2-3-4-5-8-15-11(14)7-6-10(13)9-12/h4-5H,2-3,6-9,12H2,1H3. The summed E-state index contributed by atoms with van der Waals surface area (Å²) in [7, 11) is 0. The fourth-order valence-electron chi connectivity index (χ4n) is 0.909. The monoisotopic (exact) mass is 213 g/mol. The Morgan fingerprint density at radius 1 is 1.27 bits per heavy atom. The van der Waals surface area contributed by atoms with Crippen LogP contribution in [0.4, 0.5) is 0 Å². The maximum absolute atomic E-state index is 11.0. The van der Waals surface area contributed by atoms with E-state index in [1.54, 1.807) is 0 Å². The molecule has 0 heterocycles. The van der Waals surface area contributed by atoms with E-state index in [4.69, 9.17) is 10.5 Å². The smallest absolute Gasteiger partial charge is 0.306 e. The second-order valence-electron chi connectivity index (χ2n) is 3.19. The lowest BCUT2D eigenvalue weighted by Gasteiger charge is -2.00. The number of hydrogen-bond donors (Lipinski definition) is 1. The van der Waals surface area contributed by atoms with Crippen LogP contribution in [-0.2, 0) is 14.3 Å². The zero-order chi connectivity index (χ0) is 11.5. The molecular formula is C11H19NO3. The Labute approximate surface area is 90.5 Å². The first-order valence-electron chi connectivity index (χ1n) is 5.23. The Morgan fingerprint density at radius 3 is 2.60 bits per heavy atom. The van der Waals surface area contributed by atoms with Crippen molar-refractivity contribution in [3.05, 3.63) is 12.2 Å². The molecule has 0 saturated heterocycles. The minimum Gasteiger partial charge on any atom is -0.461 e. The molecule has 0 saturated carbocycles. The highest BCUT2D eigenvalue weighted by Crippen LogP contribution is 1.95. The normalized spacial score (nSPS) is 10.5. The summed E-state index contributed by atoms with van der Waals surface area (Å²) in [5.74, 6) is -0.466. The number of ether oxygens (including phenoxy) is 1. The van der Waals surface area contributed by atoms with Crippen molar-refractivity contribution >= 4 is 11.8 Å². The number of ketones is 1. The molecule has 0 bridgehead atoms. The lowest BCUT2D eigenvalue weighted by atomic mass is 10.2. The number of esters is 1. The van der Waals surface area contributed by atoms with Crippen molar-refractivity contribution in [3.63, 3.8) is 0 Å². The molecule has 0 rings (SSSR count). The Kier molecular flexibility index (Phi) is 8.67. The molecule has 4 nitrogen and oxygen atoms in total. The number of carbonyl (C=O) groups excluding carboxylic acids is 2. The molecule has 0 fully saturated rings. The first-order valence-corrected chi connectivity index (χ1v) is 5.23. The van der Waals surface area contributed by atoms with Crippen LogP contribution >= 0.6 is 0 Å². The molecule has 0 aliphatic heterocycles. The van der Waals surface area contributed by atoms with E-state index >= 15 is 0 Å². The van der Waals surface area contributed by atoms with Gasteiger partial charge in [0.15, 0.2) is 0 Å². The highest BCUT2D eigenvalue weighted by atomic mass is 16.5. The highest BCUT2D eigenvalue weighted by Gasteiger charge is 2.05. The van der Waals surface area contributed by atoms with Crippen molar-refractivity contribution in [2.24, 2.45) is 5.73 Å². The number of allylic oxidation sites excluding steroid dienone is 1. The van der Waals surface area contributed by atoms with Gasteiger partial charge in [0.1, 0.15) is 12.4 Å². The van der Waals surface area contributed by atoms with E-state index in [1.165, 1.54) is 0 Å². The third kappa shape index (κ3) is 9.15. The van der Waals surface area contributed by atoms with E-state index in [9.17, 15) is 9.59 Å². The number of rotatable bonds is 8. The van der Waals surface area contributed by atoms with Gasteiger partial charge in [0.05, 0.1) is 13.0 Å². The van der Waals surface area contributed by atoms with Gasteiger partial charge in [-0.25, -0.2) is 0 Å². The summed E-state index contributed by atoms with van der Waals surface area (Å²) >= 11 is 0. The molecule has 0 aromatic rings. The molecule has 86 valence electrons. The minimum atomic E-state index is -0.349. The van der Waals surface area contributed by atoms with Gasteiger partial charge in [-0.3, -0.25) is 9.59 Å². The van der Waals surface area contributed by atoms with Crippen LogP contribution in [0.25, 0.3) is 0 Å². The lowest BCUT2D eigenvalue weighted by Crippen LogP contribution is -2.15. The van der Waals surface area contributed by atoms with Crippen LogP contribution in [0, 0.1) is 0 Å². The third-order valence-corrected chi connectivity index (χ3v) is 1.80. The third-order valence-electron chi connectivity index (χ3n) is 1.80. The second kappa shape index (κ2) is 9.40. The molecule has 0 aromatic heterocycles. The van der Waals surface area contributed by atoms with Gasteiger partial charge in [-0.05, 0) is 6.42 Å².